The third-order valence-electron chi connectivity index (χ3n) is 5.18. The Hall–Kier alpha value is -2.77. The number of thiophene rings is 1. The van der Waals surface area contributed by atoms with Crippen LogP contribution in [0.3, 0.4) is 0 Å². The Labute approximate surface area is 168 Å². The summed E-state index contributed by atoms with van der Waals surface area (Å²) >= 11 is 1.60. The smallest absolute Gasteiger partial charge is 0.274 e. The second kappa shape index (κ2) is 7.69. The van der Waals surface area contributed by atoms with Gasteiger partial charge in [-0.05, 0) is 44.4 Å². The van der Waals surface area contributed by atoms with E-state index in [0.717, 1.165) is 22.8 Å². The molecule has 144 valence electrons. The summed E-state index contributed by atoms with van der Waals surface area (Å²) < 4.78 is 7.95. The van der Waals surface area contributed by atoms with E-state index >= 15 is 0 Å². The molecule has 0 amide bonds. The van der Waals surface area contributed by atoms with E-state index in [1.165, 1.54) is 16.2 Å². The molecule has 0 bridgehead atoms. The van der Waals surface area contributed by atoms with Crippen molar-refractivity contribution in [3.05, 3.63) is 70.7 Å². The molecule has 4 rings (SSSR count). The minimum absolute atomic E-state index is 0.0834. The van der Waals surface area contributed by atoms with E-state index in [-0.39, 0.29) is 6.04 Å². The molecular weight excluding hydrogens is 370 g/mol. The maximum atomic E-state index is 5.93. The average Bonchev–Trinajstić information content (AvgIpc) is 3.45. The van der Waals surface area contributed by atoms with Gasteiger partial charge in [0.1, 0.15) is 6.54 Å². The number of nitrogens with one attached hydrogen (secondary N) is 1. The molecule has 2 atom stereocenters. The van der Waals surface area contributed by atoms with Crippen molar-refractivity contribution >= 4 is 11.3 Å². The topological polar surface area (TPSA) is 61.2 Å². The van der Waals surface area contributed by atoms with Gasteiger partial charge in [0, 0.05) is 0 Å². The van der Waals surface area contributed by atoms with Crippen LogP contribution in [0.25, 0.3) is 16.5 Å². The Morgan fingerprint density at radius 3 is 2.61 bits per heavy atom. The maximum absolute atomic E-state index is 5.93. The molecule has 1 aromatic carbocycles. The van der Waals surface area contributed by atoms with Crippen molar-refractivity contribution in [2.75, 3.05) is 7.05 Å². The lowest BCUT2D eigenvalue weighted by Crippen LogP contribution is -3.07. The van der Waals surface area contributed by atoms with Crippen molar-refractivity contribution in [3.8, 4) is 16.5 Å². The van der Waals surface area contributed by atoms with E-state index in [4.69, 9.17) is 9.52 Å². The number of hydrogen-bond acceptors (Lipinski definition) is 5. The zero-order chi connectivity index (χ0) is 19.7. The van der Waals surface area contributed by atoms with Crippen LogP contribution in [0, 0.1) is 13.8 Å². The Morgan fingerprint density at radius 1 is 1.11 bits per heavy atom. The molecule has 3 heterocycles. The van der Waals surface area contributed by atoms with Crippen LogP contribution in [0.15, 0.2) is 52.3 Å². The van der Waals surface area contributed by atoms with Gasteiger partial charge in [0.05, 0.1) is 34.6 Å². The van der Waals surface area contributed by atoms with Gasteiger partial charge >= 0.3 is 0 Å². The minimum atomic E-state index is 0.0834. The molecule has 0 aliphatic heterocycles. The normalized spacial score (nSPS) is 13.6. The highest BCUT2D eigenvalue weighted by Gasteiger charge is 2.25. The van der Waals surface area contributed by atoms with Crippen molar-refractivity contribution < 1.29 is 9.32 Å². The summed E-state index contributed by atoms with van der Waals surface area (Å²) in [5, 5.41) is 15.3. The fourth-order valence-electron chi connectivity index (χ4n) is 3.30. The highest BCUT2D eigenvalue weighted by atomic mass is 32.1. The molecule has 0 saturated carbocycles. The summed E-state index contributed by atoms with van der Waals surface area (Å²) in [4.78, 5) is 2.28. The van der Waals surface area contributed by atoms with Gasteiger partial charge in [-0.3, -0.25) is 0 Å². The Bertz CT molecular complexity index is 1050. The second-order valence-electron chi connectivity index (χ2n) is 7.06. The molecule has 0 spiro atoms. The summed E-state index contributed by atoms with van der Waals surface area (Å²) in [6, 6.07) is 14.3. The zero-order valence-electron chi connectivity index (χ0n) is 16.5. The highest BCUT2D eigenvalue weighted by Crippen LogP contribution is 2.24. The van der Waals surface area contributed by atoms with Crippen LogP contribution >= 0.6 is 11.3 Å². The molecule has 0 aliphatic rings. The molecule has 0 saturated heterocycles. The number of nitrogens with zero attached hydrogens (tertiary/aromatic N) is 4. The third kappa shape index (κ3) is 3.50. The lowest BCUT2D eigenvalue weighted by atomic mass is 10.1. The highest BCUT2D eigenvalue weighted by molar-refractivity contribution is 7.13. The average molecular weight is 395 g/mol. The minimum Gasteiger partial charge on any atom is -0.414 e. The molecule has 28 heavy (non-hydrogen) atoms. The summed E-state index contributed by atoms with van der Waals surface area (Å²) in [7, 11) is 2.15. The molecule has 7 heteroatoms. The van der Waals surface area contributed by atoms with E-state index in [2.05, 4.69) is 50.1 Å². The second-order valence-corrected chi connectivity index (χ2v) is 8.01. The number of rotatable bonds is 6. The van der Waals surface area contributed by atoms with Crippen molar-refractivity contribution in [2.45, 2.75) is 33.4 Å². The number of quaternary nitrogens is 1. The molecule has 0 fully saturated rings. The molecule has 6 nitrogen and oxygen atoms in total. The summed E-state index contributed by atoms with van der Waals surface area (Å²) in [6.45, 7) is 7.15. The fraction of sp³-hybridized carbons (Fsp3) is 0.286. The van der Waals surface area contributed by atoms with Gasteiger partial charge in [-0.25, -0.2) is 4.68 Å². The fourth-order valence-corrected chi connectivity index (χ4v) is 3.95. The van der Waals surface area contributed by atoms with Gasteiger partial charge in [0.2, 0.25) is 0 Å². The van der Waals surface area contributed by atoms with Gasteiger partial charge < -0.3 is 9.32 Å². The van der Waals surface area contributed by atoms with Crippen LogP contribution in [0.5, 0.6) is 0 Å². The lowest BCUT2D eigenvalue weighted by Gasteiger charge is -2.19. The third-order valence-corrected chi connectivity index (χ3v) is 6.04. The first kappa shape index (κ1) is 18.6. The summed E-state index contributed by atoms with van der Waals surface area (Å²) in [5.41, 5.74) is 4.56. The number of benzene rings is 1. The predicted octanol–water partition coefficient (Wildman–Crippen LogP) is 3.38. The number of para-hydroxylation sites is 1. The van der Waals surface area contributed by atoms with Crippen LogP contribution in [0.2, 0.25) is 0 Å². The molecule has 0 radical (unpaired) electrons. The molecule has 3 aromatic heterocycles. The molecule has 1 unspecified atom stereocenters. The van der Waals surface area contributed by atoms with E-state index in [1.54, 1.807) is 11.3 Å². The van der Waals surface area contributed by atoms with E-state index in [9.17, 15) is 0 Å². The molecule has 0 aliphatic carbocycles. The molecule has 4 aromatic rings. The van der Waals surface area contributed by atoms with Gasteiger partial charge in [0.15, 0.2) is 6.04 Å². The van der Waals surface area contributed by atoms with Gasteiger partial charge in [-0.15, -0.1) is 21.5 Å². The zero-order valence-corrected chi connectivity index (χ0v) is 17.3. The molecule has 1 N–H and O–H groups in total. The number of aromatic nitrogens is 4. The Balaban J connectivity index is 1.54. The first-order valence-electron chi connectivity index (χ1n) is 9.34. The van der Waals surface area contributed by atoms with Crippen molar-refractivity contribution in [1.29, 1.82) is 0 Å². The summed E-state index contributed by atoms with van der Waals surface area (Å²) in [6.07, 6.45) is 0. The predicted molar refractivity (Wildman–Crippen MR) is 110 cm³/mol. The monoisotopic (exact) mass is 394 g/mol. The Kier molecular flexibility index (Phi) is 5.11. The lowest BCUT2D eigenvalue weighted by molar-refractivity contribution is -0.925. The van der Waals surface area contributed by atoms with Crippen LogP contribution in [-0.2, 0) is 6.54 Å². The van der Waals surface area contributed by atoms with Crippen molar-refractivity contribution in [2.24, 2.45) is 0 Å². The SMILES string of the molecule is Cc1nn(-c2ccccc2)c(C)c1C[NH+](C)[C@@H](C)c1nnc(-c2cccs2)o1. The van der Waals surface area contributed by atoms with Crippen molar-refractivity contribution in [3.63, 3.8) is 0 Å². The van der Waals surface area contributed by atoms with E-state index in [1.807, 2.05) is 40.4 Å². The number of hydrogen-bond donors (Lipinski definition) is 1. The standard InChI is InChI=1S/C21H23N5OS/c1-14-18(15(2)26(24-14)17-9-6-5-7-10-17)13-25(4)16(3)20-22-23-21(27-20)19-11-8-12-28-19/h5-12,16H,13H2,1-4H3/p+1/t16-/m0/s1. The van der Waals surface area contributed by atoms with Crippen LogP contribution in [0.4, 0.5) is 0 Å². The van der Waals surface area contributed by atoms with Gasteiger partial charge in [0.25, 0.3) is 11.8 Å². The largest absolute Gasteiger partial charge is 0.414 e. The molecular formula is C21H24N5OS+. The number of aryl methyl sites for hydroxylation is 1. The van der Waals surface area contributed by atoms with Crippen LogP contribution in [-0.4, -0.2) is 27.0 Å². The maximum Gasteiger partial charge on any atom is 0.274 e. The van der Waals surface area contributed by atoms with E-state index < -0.39 is 0 Å². The quantitative estimate of drug-likeness (QED) is 0.545. The Morgan fingerprint density at radius 2 is 1.89 bits per heavy atom. The first-order chi connectivity index (χ1) is 13.5. The summed E-state index contributed by atoms with van der Waals surface area (Å²) in [5.74, 6) is 1.25. The van der Waals surface area contributed by atoms with Gasteiger partial charge in [-0.2, -0.15) is 5.10 Å². The van der Waals surface area contributed by atoms with Crippen LogP contribution < -0.4 is 4.90 Å². The van der Waals surface area contributed by atoms with E-state index in [0.29, 0.717) is 11.8 Å². The van der Waals surface area contributed by atoms with Crippen molar-refractivity contribution in [1.82, 2.24) is 20.0 Å². The van der Waals surface area contributed by atoms with Crippen LogP contribution in [0.1, 0.15) is 35.8 Å². The first-order valence-corrected chi connectivity index (χ1v) is 10.2. The van der Waals surface area contributed by atoms with Gasteiger partial charge in [-0.1, -0.05) is 24.3 Å².